The molecule has 0 aromatic heterocycles. The Balaban J connectivity index is 1.68. The Morgan fingerprint density at radius 2 is 1.67 bits per heavy atom. The molecule has 24 heavy (non-hydrogen) atoms. The fourth-order valence-electron chi connectivity index (χ4n) is 2.24. The maximum Gasteiger partial charge on any atom is 0.313 e. The maximum atomic E-state index is 12.2. The first-order valence-corrected chi connectivity index (χ1v) is 11.6. The average molecular weight is 421 g/mol. The predicted molar refractivity (Wildman–Crippen MR) is 104 cm³/mol. The van der Waals surface area contributed by atoms with E-state index in [1.807, 2.05) is 35.7 Å². The molecule has 2 aromatic carbocycles. The van der Waals surface area contributed by atoms with Gasteiger partial charge in [0.2, 0.25) is 0 Å². The normalized spacial score (nSPS) is 15.6. The molecule has 1 aliphatic heterocycles. The van der Waals surface area contributed by atoms with Crippen molar-refractivity contribution in [2.75, 3.05) is 11.5 Å². The molecule has 0 spiro atoms. The Morgan fingerprint density at radius 1 is 1.00 bits per heavy atom. The lowest BCUT2D eigenvalue weighted by Gasteiger charge is -2.11. The van der Waals surface area contributed by atoms with Gasteiger partial charge in [0.1, 0.15) is 11.5 Å². The van der Waals surface area contributed by atoms with Crippen LogP contribution in [0.15, 0.2) is 42.5 Å². The third-order valence-corrected chi connectivity index (χ3v) is 8.30. The highest BCUT2D eigenvalue weighted by Crippen LogP contribution is 2.45. The molecule has 1 heterocycles. The molecule has 128 valence electrons. The van der Waals surface area contributed by atoms with Crippen molar-refractivity contribution in [3.63, 3.8) is 0 Å². The van der Waals surface area contributed by atoms with E-state index in [0.29, 0.717) is 25.9 Å². The highest BCUT2D eigenvalue weighted by Gasteiger charge is 2.19. The third-order valence-electron chi connectivity index (χ3n) is 3.32. The van der Waals surface area contributed by atoms with Gasteiger partial charge in [-0.3, -0.25) is 0 Å². The summed E-state index contributed by atoms with van der Waals surface area (Å²) >= 11 is 15.5. The van der Waals surface area contributed by atoms with Crippen LogP contribution >= 0.6 is 46.7 Å². The molecule has 0 saturated carbocycles. The summed E-state index contributed by atoms with van der Waals surface area (Å²) < 4.78 is 30.0. The van der Waals surface area contributed by atoms with Gasteiger partial charge in [-0.2, -0.15) is 8.42 Å². The van der Waals surface area contributed by atoms with Gasteiger partial charge in [-0.05, 0) is 35.4 Å². The van der Waals surface area contributed by atoms with Crippen molar-refractivity contribution in [3.05, 3.63) is 63.6 Å². The van der Waals surface area contributed by atoms with Crippen molar-refractivity contribution >= 4 is 56.8 Å². The minimum Gasteiger partial charge on any atom is -0.382 e. The zero-order valence-corrected chi connectivity index (χ0v) is 16.4. The van der Waals surface area contributed by atoms with Crippen LogP contribution in [0.3, 0.4) is 0 Å². The van der Waals surface area contributed by atoms with Crippen LogP contribution in [0.2, 0.25) is 10.0 Å². The Bertz CT molecular complexity index is 817. The smallest absolute Gasteiger partial charge is 0.313 e. The molecule has 1 saturated heterocycles. The van der Waals surface area contributed by atoms with E-state index in [0.717, 1.165) is 11.5 Å². The summed E-state index contributed by atoms with van der Waals surface area (Å²) in [6, 6.07) is 11.9. The van der Waals surface area contributed by atoms with Gasteiger partial charge in [0.25, 0.3) is 0 Å². The fourth-order valence-corrected chi connectivity index (χ4v) is 6.47. The standard InChI is InChI=1S/C16H14Cl2O3S3/c17-14-6-1-11(9-15(14)18)10-24(19,20)21-13-4-2-12(3-5-13)16-22-7-8-23-16/h1-6,9,16H,7-8,10H2. The Hall–Kier alpha value is -0.530. The van der Waals surface area contributed by atoms with Gasteiger partial charge in [0.15, 0.2) is 0 Å². The van der Waals surface area contributed by atoms with E-state index < -0.39 is 10.1 Å². The van der Waals surface area contributed by atoms with Crippen LogP contribution in [0.25, 0.3) is 0 Å². The van der Waals surface area contributed by atoms with E-state index >= 15 is 0 Å². The van der Waals surface area contributed by atoms with Crippen LogP contribution in [-0.4, -0.2) is 19.9 Å². The van der Waals surface area contributed by atoms with Crippen LogP contribution in [0.1, 0.15) is 15.7 Å². The van der Waals surface area contributed by atoms with Crippen molar-refractivity contribution in [3.8, 4) is 5.75 Å². The van der Waals surface area contributed by atoms with E-state index in [2.05, 4.69) is 0 Å². The van der Waals surface area contributed by atoms with Crippen LogP contribution in [-0.2, 0) is 15.9 Å². The molecule has 0 unspecified atom stereocenters. The number of thioether (sulfide) groups is 2. The quantitative estimate of drug-likeness (QED) is 0.607. The Labute approximate surface area is 160 Å². The molecule has 3 rings (SSSR count). The first-order chi connectivity index (χ1) is 11.4. The minimum atomic E-state index is -3.76. The highest BCUT2D eigenvalue weighted by atomic mass is 35.5. The van der Waals surface area contributed by atoms with Crippen molar-refractivity contribution in [2.24, 2.45) is 0 Å². The Morgan fingerprint density at radius 3 is 2.29 bits per heavy atom. The van der Waals surface area contributed by atoms with Gasteiger partial charge in [-0.15, -0.1) is 23.5 Å². The Kier molecular flexibility index (Phi) is 5.93. The second-order valence-corrected chi connectivity index (χ2v) is 10.3. The molecule has 0 radical (unpaired) electrons. The first-order valence-electron chi connectivity index (χ1n) is 7.12. The molecule has 3 nitrogen and oxygen atoms in total. The van der Waals surface area contributed by atoms with Crippen LogP contribution in [0.4, 0.5) is 0 Å². The second kappa shape index (κ2) is 7.79. The summed E-state index contributed by atoms with van der Waals surface area (Å²) in [5.74, 6) is 2.34. The molecule has 0 amide bonds. The molecule has 8 heteroatoms. The summed E-state index contributed by atoms with van der Waals surface area (Å²) in [7, 11) is -3.76. The number of rotatable bonds is 5. The van der Waals surface area contributed by atoms with E-state index in [1.54, 1.807) is 24.3 Å². The molecule has 2 aromatic rings. The molecule has 0 aliphatic carbocycles. The maximum absolute atomic E-state index is 12.2. The molecular formula is C16H14Cl2O3S3. The largest absolute Gasteiger partial charge is 0.382 e. The van der Waals surface area contributed by atoms with Gasteiger partial charge >= 0.3 is 10.1 Å². The van der Waals surface area contributed by atoms with E-state index in [-0.39, 0.29) is 5.75 Å². The first kappa shape index (κ1) is 18.3. The van der Waals surface area contributed by atoms with Crippen LogP contribution < -0.4 is 4.18 Å². The summed E-state index contributed by atoms with van der Waals surface area (Å²) in [5.41, 5.74) is 1.71. The van der Waals surface area contributed by atoms with E-state index in [4.69, 9.17) is 27.4 Å². The highest BCUT2D eigenvalue weighted by molar-refractivity contribution is 8.19. The number of benzene rings is 2. The van der Waals surface area contributed by atoms with Crippen molar-refractivity contribution in [1.29, 1.82) is 0 Å². The zero-order chi connectivity index (χ0) is 17.2. The van der Waals surface area contributed by atoms with Gasteiger partial charge < -0.3 is 4.18 Å². The molecule has 0 atom stereocenters. The molecule has 1 aliphatic rings. The number of hydrogen-bond donors (Lipinski definition) is 0. The third kappa shape index (κ3) is 4.76. The summed E-state index contributed by atoms with van der Waals surface area (Å²) in [6.45, 7) is 0. The van der Waals surface area contributed by atoms with Crippen molar-refractivity contribution in [2.45, 2.75) is 10.3 Å². The van der Waals surface area contributed by atoms with Crippen LogP contribution in [0.5, 0.6) is 5.75 Å². The van der Waals surface area contributed by atoms with E-state index in [9.17, 15) is 8.42 Å². The number of hydrogen-bond acceptors (Lipinski definition) is 5. The molecule has 0 N–H and O–H groups in total. The van der Waals surface area contributed by atoms with Gasteiger partial charge in [0.05, 0.1) is 14.6 Å². The molecular weight excluding hydrogens is 407 g/mol. The predicted octanol–water partition coefficient (Wildman–Crippen LogP) is 5.38. The minimum absolute atomic E-state index is 0.264. The van der Waals surface area contributed by atoms with Gasteiger partial charge in [0, 0.05) is 11.5 Å². The average Bonchev–Trinajstić information content (AvgIpc) is 3.05. The van der Waals surface area contributed by atoms with Gasteiger partial charge in [-0.25, -0.2) is 0 Å². The number of halogens is 2. The monoisotopic (exact) mass is 420 g/mol. The molecule has 0 bridgehead atoms. The fraction of sp³-hybridized carbons (Fsp3) is 0.250. The lowest BCUT2D eigenvalue weighted by molar-refractivity contribution is 0.485. The van der Waals surface area contributed by atoms with Crippen molar-refractivity contribution in [1.82, 2.24) is 0 Å². The summed E-state index contributed by atoms with van der Waals surface area (Å²) in [5, 5.41) is 0.706. The lowest BCUT2D eigenvalue weighted by Crippen LogP contribution is -2.12. The molecule has 1 fully saturated rings. The summed E-state index contributed by atoms with van der Waals surface area (Å²) in [4.78, 5) is 0. The zero-order valence-electron chi connectivity index (χ0n) is 12.4. The second-order valence-electron chi connectivity index (χ2n) is 5.18. The lowest BCUT2D eigenvalue weighted by atomic mass is 10.2. The topological polar surface area (TPSA) is 43.4 Å². The van der Waals surface area contributed by atoms with Crippen LogP contribution in [0, 0.1) is 0 Å². The van der Waals surface area contributed by atoms with Crippen molar-refractivity contribution < 1.29 is 12.6 Å². The van der Waals surface area contributed by atoms with E-state index in [1.165, 1.54) is 11.6 Å². The van der Waals surface area contributed by atoms with Gasteiger partial charge in [-0.1, -0.05) is 41.4 Å². The summed E-state index contributed by atoms with van der Waals surface area (Å²) in [6.07, 6.45) is 0. The SMILES string of the molecule is O=S(=O)(Cc1ccc(Cl)c(Cl)c1)Oc1ccc(C2SCCS2)cc1.